The van der Waals surface area contributed by atoms with Crippen LogP contribution < -0.4 is 0 Å². The third-order valence-electron chi connectivity index (χ3n) is 4.66. The zero-order chi connectivity index (χ0) is 21.2. The van der Waals surface area contributed by atoms with Crippen molar-refractivity contribution in [3.8, 4) is 0 Å². The number of halogens is 6. The summed E-state index contributed by atoms with van der Waals surface area (Å²) >= 11 is 0. The molecule has 1 aromatic carbocycles. The average Bonchev–Trinajstić information content (AvgIpc) is 2.80. The largest absolute Gasteiger partial charge is 0.433 e. The molecule has 1 fully saturated rings. The number of nitrogens with zero attached hydrogens (tertiary/aromatic N) is 3. The second kappa shape index (κ2) is 8.40. The van der Waals surface area contributed by atoms with Gasteiger partial charge in [-0.05, 0) is 11.6 Å². The highest BCUT2D eigenvalue weighted by Gasteiger charge is 2.32. The Hall–Kier alpha value is -2.62. The molecule has 0 saturated carbocycles. The molecule has 3 rings (SSSR count). The Morgan fingerprint density at radius 3 is 2.24 bits per heavy atom. The summed E-state index contributed by atoms with van der Waals surface area (Å²) in [5, 5.41) is 0. The van der Waals surface area contributed by atoms with Crippen molar-refractivity contribution in [1.82, 2.24) is 14.8 Å². The molecule has 0 aliphatic carbocycles. The van der Waals surface area contributed by atoms with Crippen LogP contribution in [0.4, 0.5) is 26.3 Å². The van der Waals surface area contributed by atoms with E-state index in [1.165, 1.54) is 11.0 Å². The van der Waals surface area contributed by atoms with E-state index in [2.05, 4.69) is 4.98 Å². The molecule has 1 saturated heterocycles. The van der Waals surface area contributed by atoms with E-state index >= 15 is 0 Å². The molecular formula is C19H17F6N3O. The molecule has 0 N–H and O–H groups in total. The van der Waals surface area contributed by atoms with Crippen molar-refractivity contribution in [3.63, 3.8) is 0 Å². The Morgan fingerprint density at radius 2 is 1.66 bits per heavy atom. The second-order valence-electron chi connectivity index (χ2n) is 6.74. The van der Waals surface area contributed by atoms with Gasteiger partial charge in [0.2, 0.25) is 5.91 Å². The number of aromatic nitrogens is 1. The van der Waals surface area contributed by atoms with E-state index in [4.69, 9.17) is 0 Å². The number of carbonyl (C=O) groups is 1. The lowest BCUT2D eigenvalue weighted by Crippen LogP contribution is -2.33. The summed E-state index contributed by atoms with van der Waals surface area (Å²) in [6, 6.07) is 3.34. The SMILES string of the molecule is O=C1CCN(Cc2ccc(C(F)(F)F)nc2)CCN1Cc1c(F)cc(F)cc1F. The van der Waals surface area contributed by atoms with Crippen molar-refractivity contribution in [3.05, 3.63) is 64.7 Å². The van der Waals surface area contributed by atoms with E-state index in [9.17, 15) is 31.1 Å². The quantitative estimate of drug-likeness (QED) is 0.711. The molecule has 4 nitrogen and oxygen atoms in total. The van der Waals surface area contributed by atoms with E-state index in [-0.39, 0.29) is 37.5 Å². The number of pyridine rings is 1. The fourth-order valence-corrected chi connectivity index (χ4v) is 3.09. The molecule has 1 aromatic heterocycles. The van der Waals surface area contributed by atoms with Crippen LogP contribution in [0.25, 0.3) is 0 Å². The number of benzene rings is 1. The van der Waals surface area contributed by atoms with Gasteiger partial charge in [-0.3, -0.25) is 14.7 Å². The first-order chi connectivity index (χ1) is 13.6. The van der Waals surface area contributed by atoms with Gasteiger partial charge in [0.15, 0.2) is 0 Å². The summed E-state index contributed by atoms with van der Waals surface area (Å²) in [7, 11) is 0. The normalized spacial score (nSPS) is 16.2. The minimum atomic E-state index is -4.51. The number of carbonyl (C=O) groups excluding carboxylic acids is 1. The van der Waals surface area contributed by atoms with Crippen molar-refractivity contribution in [2.24, 2.45) is 0 Å². The highest BCUT2D eigenvalue weighted by Crippen LogP contribution is 2.27. The standard InChI is InChI=1S/C19H17F6N3O/c20-13-7-15(21)14(16(22)8-13)11-28-6-5-27(4-3-18(28)29)10-12-1-2-17(26-9-12)19(23,24)25/h1-2,7-9H,3-6,10-11H2. The zero-order valence-electron chi connectivity index (χ0n) is 15.1. The minimum Gasteiger partial charge on any atom is -0.337 e. The van der Waals surface area contributed by atoms with Crippen molar-refractivity contribution in [1.29, 1.82) is 0 Å². The van der Waals surface area contributed by atoms with E-state index in [1.807, 2.05) is 4.90 Å². The van der Waals surface area contributed by atoms with Crippen molar-refractivity contribution < 1.29 is 31.1 Å². The van der Waals surface area contributed by atoms with Crippen LogP contribution in [-0.2, 0) is 24.1 Å². The van der Waals surface area contributed by atoms with Crippen LogP contribution in [0.3, 0.4) is 0 Å². The third kappa shape index (κ3) is 5.26. The van der Waals surface area contributed by atoms with Crippen LogP contribution in [0.15, 0.2) is 30.5 Å². The maximum absolute atomic E-state index is 13.9. The predicted molar refractivity (Wildman–Crippen MR) is 90.9 cm³/mol. The van der Waals surface area contributed by atoms with Gasteiger partial charge in [0.25, 0.3) is 0 Å². The number of amides is 1. The molecular weight excluding hydrogens is 400 g/mol. The highest BCUT2D eigenvalue weighted by atomic mass is 19.4. The lowest BCUT2D eigenvalue weighted by atomic mass is 10.1. The fourth-order valence-electron chi connectivity index (χ4n) is 3.09. The topological polar surface area (TPSA) is 36.4 Å². The molecule has 0 unspecified atom stereocenters. The van der Waals surface area contributed by atoms with Gasteiger partial charge >= 0.3 is 6.18 Å². The Bertz CT molecular complexity index is 861. The molecule has 2 aromatic rings. The first kappa shape index (κ1) is 21.1. The average molecular weight is 417 g/mol. The van der Waals surface area contributed by atoms with Crippen LogP contribution in [0, 0.1) is 17.5 Å². The van der Waals surface area contributed by atoms with Crippen LogP contribution in [0.1, 0.15) is 23.2 Å². The number of rotatable bonds is 4. The summed E-state index contributed by atoms with van der Waals surface area (Å²) in [6.45, 7) is 0.822. The summed E-state index contributed by atoms with van der Waals surface area (Å²) in [6.07, 6.45) is -3.30. The number of alkyl halides is 3. The van der Waals surface area contributed by atoms with E-state index in [0.717, 1.165) is 12.3 Å². The Balaban J connectivity index is 1.64. The lowest BCUT2D eigenvalue weighted by molar-refractivity contribution is -0.141. The molecule has 0 spiro atoms. The van der Waals surface area contributed by atoms with Gasteiger partial charge in [-0.15, -0.1) is 0 Å². The second-order valence-corrected chi connectivity index (χ2v) is 6.74. The molecule has 2 heterocycles. The molecule has 1 amide bonds. The van der Waals surface area contributed by atoms with Crippen LogP contribution in [0.2, 0.25) is 0 Å². The number of hydrogen-bond acceptors (Lipinski definition) is 3. The van der Waals surface area contributed by atoms with Gasteiger partial charge in [-0.1, -0.05) is 6.07 Å². The van der Waals surface area contributed by atoms with Crippen LogP contribution >= 0.6 is 0 Å². The summed E-state index contributed by atoms with van der Waals surface area (Å²) < 4.78 is 78.5. The minimum absolute atomic E-state index is 0.0818. The molecule has 0 radical (unpaired) electrons. The fraction of sp³-hybridized carbons (Fsp3) is 0.368. The monoisotopic (exact) mass is 417 g/mol. The summed E-state index contributed by atoms with van der Waals surface area (Å²) in [5.41, 5.74) is -0.823. The van der Waals surface area contributed by atoms with E-state index < -0.39 is 29.3 Å². The zero-order valence-corrected chi connectivity index (χ0v) is 15.1. The van der Waals surface area contributed by atoms with Gasteiger partial charge < -0.3 is 4.90 Å². The van der Waals surface area contributed by atoms with Crippen molar-refractivity contribution in [2.45, 2.75) is 25.7 Å². The lowest BCUT2D eigenvalue weighted by Gasteiger charge is -2.22. The third-order valence-corrected chi connectivity index (χ3v) is 4.66. The summed E-state index contributed by atoms with van der Waals surface area (Å²) in [4.78, 5) is 18.8. The maximum Gasteiger partial charge on any atom is 0.433 e. The van der Waals surface area contributed by atoms with E-state index in [0.29, 0.717) is 30.8 Å². The Kier molecular flexibility index (Phi) is 6.11. The molecule has 1 aliphatic heterocycles. The van der Waals surface area contributed by atoms with Gasteiger partial charge in [0.1, 0.15) is 23.1 Å². The van der Waals surface area contributed by atoms with Gasteiger partial charge in [0.05, 0.1) is 6.54 Å². The molecule has 0 atom stereocenters. The molecule has 156 valence electrons. The first-order valence-electron chi connectivity index (χ1n) is 8.79. The maximum atomic E-state index is 13.9. The molecule has 1 aliphatic rings. The smallest absolute Gasteiger partial charge is 0.337 e. The van der Waals surface area contributed by atoms with Gasteiger partial charge in [0, 0.05) is 56.5 Å². The predicted octanol–water partition coefficient (Wildman–Crippen LogP) is 3.75. The number of hydrogen-bond donors (Lipinski definition) is 0. The Morgan fingerprint density at radius 1 is 0.966 bits per heavy atom. The van der Waals surface area contributed by atoms with Crippen molar-refractivity contribution in [2.75, 3.05) is 19.6 Å². The first-order valence-corrected chi connectivity index (χ1v) is 8.79. The van der Waals surface area contributed by atoms with E-state index in [1.54, 1.807) is 0 Å². The molecule has 10 heteroatoms. The summed E-state index contributed by atoms with van der Waals surface area (Å²) in [5.74, 6) is -3.48. The highest BCUT2D eigenvalue weighted by molar-refractivity contribution is 5.76. The van der Waals surface area contributed by atoms with Crippen LogP contribution in [0.5, 0.6) is 0 Å². The van der Waals surface area contributed by atoms with Gasteiger partial charge in [-0.2, -0.15) is 13.2 Å². The van der Waals surface area contributed by atoms with Crippen LogP contribution in [-0.4, -0.2) is 40.3 Å². The molecule has 29 heavy (non-hydrogen) atoms. The van der Waals surface area contributed by atoms with Gasteiger partial charge in [-0.25, -0.2) is 13.2 Å². The molecule has 0 bridgehead atoms. The van der Waals surface area contributed by atoms with Crippen molar-refractivity contribution >= 4 is 5.91 Å². The Labute approximate surface area is 162 Å².